The highest BCUT2D eigenvalue weighted by Crippen LogP contribution is 2.32. The summed E-state index contributed by atoms with van der Waals surface area (Å²) in [6.45, 7) is 8.17. The van der Waals surface area contributed by atoms with E-state index in [1.165, 1.54) is 28.2 Å². The Morgan fingerprint density at radius 1 is 1.06 bits per heavy atom. The number of aromatic nitrogens is 2. The number of hydrogen-bond acceptors (Lipinski definition) is 4. The topological polar surface area (TPSA) is 55.2 Å². The molecular formula is C21H24F3N3O2S2. The summed E-state index contributed by atoms with van der Waals surface area (Å²) in [5.41, 5.74) is 1.26. The minimum Gasteiger partial charge on any atom is -0.316 e. The van der Waals surface area contributed by atoms with Crippen LogP contribution < -0.4 is 0 Å². The van der Waals surface area contributed by atoms with Gasteiger partial charge in [-0.3, -0.25) is 0 Å². The molecule has 0 spiro atoms. The highest BCUT2D eigenvalue weighted by molar-refractivity contribution is 7.98. The molecule has 3 rings (SSSR count). The van der Waals surface area contributed by atoms with Crippen molar-refractivity contribution >= 4 is 32.8 Å². The standard InChI is InChI=1S/C21H24F3N3O2S2/c1-5-26(6-2)31(28,29)15-8-10-18-17(11-15)25-21(27(18)13(3)4)30-12-14-7-9-16(22)20(24)19(14)23/h7-11,13H,5-6,12H2,1-4H3. The highest BCUT2D eigenvalue weighted by Gasteiger charge is 2.24. The Kier molecular flexibility index (Phi) is 7.02. The molecule has 0 aliphatic rings. The molecule has 10 heteroatoms. The summed E-state index contributed by atoms with van der Waals surface area (Å²) in [4.78, 5) is 4.71. The SMILES string of the molecule is CCN(CC)S(=O)(=O)c1ccc2c(c1)nc(SCc1ccc(F)c(F)c1F)n2C(C)C. The maximum Gasteiger partial charge on any atom is 0.243 e. The molecule has 3 aromatic rings. The van der Waals surface area contributed by atoms with Crippen LogP contribution in [0.5, 0.6) is 0 Å². The minimum absolute atomic E-state index is 0.00691. The van der Waals surface area contributed by atoms with E-state index in [-0.39, 0.29) is 22.3 Å². The average molecular weight is 472 g/mol. The summed E-state index contributed by atoms with van der Waals surface area (Å²) in [6.07, 6.45) is 0. The van der Waals surface area contributed by atoms with Crippen molar-refractivity contribution in [1.82, 2.24) is 13.9 Å². The van der Waals surface area contributed by atoms with Gasteiger partial charge in [-0.25, -0.2) is 26.6 Å². The van der Waals surface area contributed by atoms with Gasteiger partial charge in [0.25, 0.3) is 0 Å². The number of imidazole rings is 1. The van der Waals surface area contributed by atoms with Gasteiger partial charge >= 0.3 is 0 Å². The van der Waals surface area contributed by atoms with E-state index in [4.69, 9.17) is 0 Å². The van der Waals surface area contributed by atoms with Crippen LogP contribution in [0, 0.1) is 17.5 Å². The fourth-order valence-corrected chi connectivity index (χ4v) is 5.95. The number of hydrogen-bond donors (Lipinski definition) is 0. The van der Waals surface area contributed by atoms with Crippen molar-refractivity contribution < 1.29 is 21.6 Å². The van der Waals surface area contributed by atoms with Gasteiger partial charge < -0.3 is 4.57 Å². The number of benzene rings is 2. The van der Waals surface area contributed by atoms with Crippen LogP contribution in [0.25, 0.3) is 11.0 Å². The van der Waals surface area contributed by atoms with Crippen LogP contribution in [0.1, 0.15) is 39.3 Å². The number of nitrogens with zero attached hydrogens (tertiary/aromatic N) is 3. The lowest BCUT2D eigenvalue weighted by molar-refractivity contribution is 0.443. The first-order chi connectivity index (χ1) is 14.6. The van der Waals surface area contributed by atoms with Gasteiger partial charge in [-0.15, -0.1) is 0 Å². The Morgan fingerprint density at radius 3 is 2.35 bits per heavy atom. The number of thioether (sulfide) groups is 1. The predicted molar refractivity (Wildman–Crippen MR) is 116 cm³/mol. The molecule has 1 aromatic heterocycles. The van der Waals surface area contributed by atoms with Gasteiger partial charge in [0.05, 0.1) is 15.9 Å². The smallest absolute Gasteiger partial charge is 0.243 e. The van der Waals surface area contributed by atoms with Gasteiger partial charge in [-0.1, -0.05) is 31.7 Å². The molecule has 0 fully saturated rings. The lowest BCUT2D eigenvalue weighted by Gasteiger charge is -2.18. The van der Waals surface area contributed by atoms with Crippen LogP contribution in [-0.4, -0.2) is 35.4 Å². The lowest BCUT2D eigenvalue weighted by Crippen LogP contribution is -2.30. The molecule has 0 bridgehead atoms. The minimum atomic E-state index is -3.64. The Labute approximate surface area is 184 Å². The summed E-state index contributed by atoms with van der Waals surface area (Å²) in [5.74, 6) is -3.90. The quantitative estimate of drug-likeness (QED) is 0.328. The molecule has 0 saturated heterocycles. The highest BCUT2D eigenvalue weighted by atomic mass is 32.2. The summed E-state index contributed by atoms with van der Waals surface area (Å²) in [5, 5.41) is 0.534. The van der Waals surface area contributed by atoms with Gasteiger partial charge in [0.2, 0.25) is 10.0 Å². The normalized spacial score (nSPS) is 12.4. The first-order valence-corrected chi connectivity index (χ1v) is 12.3. The van der Waals surface area contributed by atoms with E-state index in [2.05, 4.69) is 4.98 Å². The Balaban J connectivity index is 2.01. The molecule has 31 heavy (non-hydrogen) atoms. The molecule has 0 radical (unpaired) electrons. The molecule has 5 nitrogen and oxygen atoms in total. The van der Waals surface area contributed by atoms with Crippen molar-refractivity contribution in [2.75, 3.05) is 13.1 Å². The Bertz CT molecular complexity index is 1210. The molecule has 0 N–H and O–H groups in total. The van der Waals surface area contributed by atoms with Crippen LogP contribution in [0.2, 0.25) is 0 Å². The summed E-state index contributed by atoms with van der Waals surface area (Å²) >= 11 is 1.17. The largest absolute Gasteiger partial charge is 0.316 e. The summed E-state index contributed by atoms with van der Waals surface area (Å²) in [6, 6.07) is 6.89. The first kappa shape index (κ1) is 23.6. The Hall–Kier alpha value is -2.04. The molecule has 1 heterocycles. The molecule has 0 saturated carbocycles. The Morgan fingerprint density at radius 2 is 1.74 bits per heavy atom. The fraction of sp³-hybridized carbons (Fsp3) is 0.381. The number of fused-ring (bicyclic) bond motifs is 1. The fourth-order valence-electron chi connectivity index (χ4n) is 3.35. The van der Waals surface area contributed by atoms with E-state index in [9.17, 15) is 21.6 Å². The molecule has 0 amide bonds. The van der Waals surface area contributed by atoms with Crippen molar-refractivity contribution in [3.63, 3.8) is 0 Å². The van der Waals surface area contributed by atoms with Gasteiger partial charge in [0.15, 0.2) is 22.6 Å². The van der Waals surface area contributed by atoms with E-state index in [0.717, 1.165) is 11.6 Å². The zero-order valence-corrected chi connectivity index (χ0v) is 19.3. The molecule has 0 aliphatic heterocycles. The van der Waals surface area contributed by atoms with Crippen molar-refractivity contribution in [3.05, 3.63) is 53.3 Å². The summed E-state index contributed by atoms with van der Waals surface area (Å²) < 4.78 is 69.7. The van der Waals surface area contributed by atoms with Crippen molar-refractivity contribution in [3.8, 4) is 0 Å². The van der Waals surface area contributed by atoms with E-state index >= 15 is 0 Å². The third-order valence-electron chi connectivity index (χ3n) is 4.96. The van der Waals surface area contributed by atoms with Crippen molar-refractivity contribution in [1.29, 1.82) is 0 Å². The van der Waals surface area contributed by atoms with Gasteiger partial charge in [0, 0.05) is 30.4 Å². The molecule has 0 atom stereocenters. The molecular weight excluding hydrogens is 447 g/mol. The second-order valence-electron chi connectivity index (χ2n) is 7.22. The monoisotopic (exact) mass is 471 g/mol. The average Bonchev–Trinajstić information content (AvgIpc) is 3.10. The van der Waals surface area contributed by atoms with Crippen LogP contribution in [0.3, 0.4) is 0 Å². The molecule has 0 aliphatic carbocycles. The lowest BCUT2D eigenvalue weighted by atomic mass is 10.2. The number of halogens is 3. The van der Waals surface area contributed by atoms with Crippen LogP contribution in [0.4, 0.5) is 13.2 Å². The van der Waals surface area contributed by atoms with Crippen molar-refractivity contribution in [2.45, 2.75) is 49.5 Å². The van der Waals surface area contributed by atoms with Crippen LogP contribution in [0.15, 0.2) is 40.4 Å². The van der Waals surface area contributed by atoms with Gasteiger partial charge in [-0.2, -0.15) is 4.31 Å². The molecule has 2 aromatic carbocycles. The second-order valence-corrected chi connectivity index (χ2v) is 10.1. The van der Waals surface area contributed by atoms with E-state index < -0.39 is 27.5 Å². The zero-order chi connectivity index (χ0) is 22.9. The van der Waals surface area contributed by atoms with E-state index in [1.54, 1.807) is 26.0 Å². The molecule has 0 unspecified atom stereocenters. The van der Waals surface area contributed by atoms with Crippen LogP contribution in [-0.2, 0) is 15.8 Å². The third kappa shape index (κ3) is 4.47. The predicted octanol–water partition coefficient (Wildman–Crippen LogP) is 5.36. The zero-order valence-electron chi connectivity index (χ0n) is 17.7. The third-order valence-corrected chi connectivity index (χ3v) is 8.01. The van der Waals surface area contributed by atoms with Crippen molar-refractivity contribution in [2.24, 2.45) is 0 Å². The second kappa shape index (κ2) is 9.22. The number of sulfonamides is 1. The maximum absolute atomic E-state index is 14.0. The van der Waals surface area contributed by atoms with E-state index in [0.29, 0.717) is 23.8 Å². The van der Waals surface area contributed by atoms with Crippen LogP contribution >= 0.6 is 11.8 Å². The first-order valence-electron chi connectivity index (χ1n) is 9.89. The van der Waals surface area contributed by atoms with E-state index in [1.807, 2.05) is 18.4 Å². The maximum atomic E-state index is 14.0. The molecule has 168 valence electrons. The van der Waals surface area contributed by atoms with Gasteiger partial charge in [-0.05, 0) is 38.1 Å². The number of rotatable bonds is 8. The summed E-state index contributed by atoms with van der Waals surface area (Å²) in [7, 11) is -3.64. The van der Waals surface area contributed by atoms with Gasteiger partial charge in [0.1, 0.15) is 0 Å².